The van der Waals surface area contributed by atoms with Crippen molar-refractivity contribution in [1.29, 1.82) is 0 Å². The summed E-state index contributed by atoms with van der Waals surface area (Å²) in [5.74, 6) is -1.47. The number of carbonyl (C=O) groups is 1. The largest absolute Gasteiger partial charge is 0.399 e. The van der Waals surface area contributed by atoms with E-state index in [0.29, 0.717) is 11.3 Å². The van der Waals surface area contributed by atoms with E-state index in [1.165, 1.54) is 24.3 Å². The highest BCUT2D eigenvalue weighted by Gasteiger charge is 2.10. The van der Waals surface area contributed by atoms with E-state index in [4.69, 9.17) is 5.73 Å². The number of halogens is 2. The third-order valence-corrected chi connectivity index (χ3v) is 2.62. The first-order valence-electron chi connectivity index (χ1n) is 5.59. The molecule has 0 bridgehead atoms. The van der Waals surface area contributed by atoms with Crippen molar-refractivity contribution in [3.05, 3.63) is 59.2 Å². The van der Waals surface area contributed by atoms with Gasteiger partial charge < -0.3 is 11.1 Å². The summed E-state index contributed by atoms with van der Waals surface area (Å²) in [4.78, 5) is 11.9. The molecular formula is C14H12F2N2O. The van der Waals surface area contributed by atoms with Crippen LogP contribution in [0.5, 0.6) is 0 Å². The summed E-state index contributed by atoms with van der Waals surface area (Å²) in [7, 11) is 0. The molecule has 0 heterocycles. The maximum Gasteiger partial charge on any atom is 0.255 e. The van der Waals surface area contributed by atoms with Crippen molar-refractivity contribution < 1.29 is 13.6 Å². The highest BCUT2D eigenvalue weighted by atomic mass is 19.1. The van der Waals surface area contributed by atoms with Gasteiger partial charge in [-0.25, -0.2) is 8.78 Å². The highest BCUT2D eigenvalue weighted by Crippen LogP contribution is 2.18. The molecule has 0 spiro atoms. The smallest absolute Gasteiger partial charge is 0.255 e. The second-order valence-electron chi connectivity index (χ2n) is 4.19. The van der Waals surface area contributed by atoms with Gasteiger partial charge in [0.05, 0.1) is 0 Å². The van der Waals surface area contributed by atoms with Gasteiger partial charge in [-0.15, -0.1) is 0 Å². The van der Waals surface area contributed by atoms with E-state index in [2.05, 4.69) is 5.32 Å². The van der Waals surface area contributed by atoms with Crippen LogP contribution >= 0.6 is 0 Å². The molecule has 0 fully saturated rings. The summed E-state index contributed by atoms with van der Waals surface area (Å²) in [5, 5.41) is 2.58. The number of anilines is 2. The van der Waals surface area contributed by atoms with Crippen LogP contribution < -0.4 is 11.1 Å². The molecule has 0 saturated carbocycles. The molecular weight excluding hydrogens is 250 g/mol. The zero-order valence-corrected chi connectivity index (χ0v) is 10.2. The van der Waals surface area contributed by atoms with Gasteiger partial charge in [-0.1, -0.05) is 0 Å². The molecule has 5 heteroatoms. The number of benzene rings is 2. The second kappa shape index (κ2) is 5.06. The predicted octanol–water partition coefficient (Wildman–Crippen LogP) is 3.11. The molecule has 0 aliphatic rings. The van der Waals surface area contributed by atoms with E-state index >= 15 is 0 Å². The minimum atomic E-state index is -0.582. The fourth-order valence-corrected chi connectivity index (χ4v) is 1.71. The van der Waals surface area contributed by atoms with Crippen molar-refractivity contribution in [3.8, 4) is 0 Å². The number of hydrogen-bond donors (Lipinski definition) is 2. The van der Waals surface area contributed by atoms with Gasteiger partial charge in [0.15, 0.2) is 0 Å². The van der Waals surface area contributed by atoms with Crippen LogP contribution in [-0.4, -0.2) is 5.91 Å². The van der Waals surface area contributed by atoms with Gasteiger partial charge in [-0.3, -0.25) is 4.79 Å². The monoisotopic (exact) mass is 262 g/mol. The molecule has 3 N–H and O–H groups in total. The van der Waals surface area contributed by atoms with Gasteiger partial charge in [0, 0.05) is 16.9 Å². The van der Waals surface area contributed by atoms with E-state index in [1.54, 1.807) is 6.92 Å². The number of nitrogen functional groups attached to an aromatic ring is 1. The van der Waals surface area contributed by atoms with E-state index in [9.17, 15) is 13.6 Å². The van der Waals surface area contributed by atoms with Crippen LogP contribution in [0.25, 0.3) is 0 Å². The summed E-state index contributed by atoms with van der Waals surface area (Å²) in [5.41, 5.74) is 6.80. The summed E-state index contributed by atoms with van der Waals surface area (Å²) in [6, 6.07) is 7.57. The topological polar surface area (TPSA) is 55.1 Å². The lowest BCUT2D eigenvalue weighted by Crippen LogP contribution is -2.13. The number of aryl methyl sites for hydroxylation is 1. The first-order valence-corrected chi connectivity index (χ1v) is 5.59. The van der Waals surface area contributed by atoms with Crippen LogP contribution in [0.3, 0.4) is 0 Å². The molecule has 2 rings (SSSR count). The van der Waals surface area contributed by atoms with E-state index in [-0.39, 0.29) is 17.1 Å². The zero-order valence-electron chi connectivity index (χ0n) is 10.2. The lowest BCUT2D eigenvalue weighted by atomic mass is 10.1. The first-order chi connectivity index (χ1) is 8.95. The number of hydrogen-bond acceptors (Lipinski definition) is 2. The molecule has 0 radical (unpaired) electrons. The molecule has 0 unspecified atom stereocenters. The molecule has 19 heavy (non-hydrogen) atoms. The Balaban J connectivity index is 2.25. The molecule has 2 aromatic carbocycles. The van der Waals surface area contributed by atoms with Gasteiger partial charge in [-0.2, -0.15) is 0 Å². The molecule has 0 atom stereocenters. The van der Waals surface area contributed by atoms with Gasteiger partial charge in [0.1, 0.15) is 11.6 Å². The van der Waals surface area contributed by atoms with Crippen molar-refractivity contribution in [3.63, 3.8) is 0 Å². The molecule has 0 aromatic heterocycles. The van der Waals surface area contributed by atoms with Crippen LogP contribution in [0.1, 0.15) is 15.9 Å². The number of rotatable bonds is 2. The molecule has 0 aliphatic heterocycles. The van der Waals surface area contributed by atoms with E-state index < -0.39 is 11.7 Å². The van der Waals surface area contributed by atoms with Crippen molar-refractivity contribution >= 4 is 17.3 Å². The second-order valence-corrected chi connectivity index (χ2v) is 4.19. The average molecular weight is 262 g/mol. The summed E-state index contributed by atoms with van der Waals surface area (Å²) >= 11 is 0. The Kier molecular flexibility index (Phi) is 3.46. The molecule has 2 aromatic rings. The quantitative estimate of drug-likeness (QED) is 0.817. The molecule has 0 saturated heterocycles. The van der Waals surface area contributed by atoms with Gasteiger partial charge in [0.2, 0.25) is 0 Å². The van der Waals surface area contributed by atoms with Crippen LogP contribution in [0, 0.1) is 18.6 Å². The lowest BCUT2D eigenvalue weighted by Gasteiger charge is -2.09. The number of nitrogens with one attached hydrogen (secondary N) is 1. The number of carbonyl (C=O) groups excluding carboxylic acids is 1. The fraction of sp³-hybridized carbons (Fsp3) is 0.0714. The zero-order chi connectivity index (χ0) is 14.0. The third kappa shape index (κ3) is 3.07. The lowest BCUT2D eigenvalue weighted by molar-refractivity contribution is 0.102. The Labute approximate surface area is 109 Å². The predicted molar refractivity (Wildman–Crippen MR) is 69.9 cm³/mol. The Morgan fingerprint density at radius 3 is 2.47 bits per heavy atom. The summed E-state index contributed by atoms with van der Waals surface area (Å²) in [6.07, 6.45) is 0. The molecule has 1 amide bonds. The minimum Gasteiger partial charge on any atom is -0.399 e. The van der Waals surface area contributed by atoms with Crippen LogP contribution in [0.2, 0.25) is 0 Å². The normalized spacial score (nSPS) is 10.3. The van der Waals surface area contributed by atoms with E-state index in [1.807, 2.05) is 0 Å². The highest BCUT2D eigenvalue weighted by molar-refractivity contribution is 6.05. The van der Waals surface area contributed by atoms with Crippen molar-refractivity contribution in [2.75, 3.05) is 11.1 Å². The molecule has 3 nitrogen and oxygen atoms in total. The van der Waals surface area contributed by atoms with Gasteiger partial charge in [-0.05, 0) is 48.9 Å². The Morgan fingerprint density at radius 1 is 1.11 bits per heavy atom. The van der Waals surface area contributed by atoms with E-state index in [0.717, 1.165) is 12.1 Å². The van der Waals surface area contributed by atoms with Crippen LogP contribution in [0.4, 0.5) is 20.2 Å². The first kappa shape index (κ1) is 13.0. The summed E-state index contributed by atoms with van der Waals surface area (Å²) < 4.78 is 26.1. The number of amides is 1. The average Bonchev–Trinajstić information content (AvgIpc) is 2.31. The van der Waals surface area contributed by atoms with Crippen molar-refractivity contribution in [2.45, 2.75) is 6.92 Å². The fourth-order valence-electron chi connectivity index (χ4n) is 1.71. The number of nitrogens with two attached hydrogens (primary N) is 1. The van der Waals surface area contributed by atoms with Crippen LogP contribution in [0.15, 0.2) is 36.4 Å². The Bertz CT molecular complexity index is 621. The van der Waals surface area contributed by atoms with Crippen molar-refractivity contribution in [1.82, 2.24) is 0 Å². The maximum atomic E-state index is 13.1. The molecule has 0 aliphatic carbocycles. The standard InChI is InChI=1S/C14H12F2N2O/c1-8-4-10(15)2-3-13(8)18-14(19)9-5-11(16)7-12(17)6-9/h2-7H,17H2,1H3,(H,18,19). The SMILES string of the molecule is Cc1cc(F)ccc1NC(=O)c1cc(N)cc(F)c1. The van der Waals surface area contributed by atoms with Crippen LogP contribution in [-0.2, 0) is 0 Å². The summed E-state index contributed by atoms with van der Waals surface area (Å²) in [6.45, 7) is 1.67. The Hall–Kier alpha value is -2.43. The minimum absolute atomic E-state index is 0.112. The van der Waals surface area contributed by atoms with Gasteiger partial charge in [0.25, 0.3) is 5.91 Å². The van der Waals surface area contributed by atoms with Gasteiger partial charge >= 0.3 is 0 Å². The Morgan fingerprint density at radius 2 is 1.84 bits per heavy atom. The molecule has 98 valence electrons. The third-order valence-electron chi connectivity index (χ3n) is 2.62. The van der Waals surface area contributed by atoms with Crippen molar-refractivity contribution in [2.24, 2.45) is 0 Å². The maximum absolute atomic E-state index is 13.1.